The van der Waals surface area contributed by atoms with Crippen molar-refractivity contribution in [1.82, 2.24) is 23.2 Å². The van der Waals surface area contributed by atoms with Gasteiger partial charge < -0.3 is 9.80 Å². The van der Waals surface area contributed by atoms with Crippen LogP contribution in [0.5, 0.6) is 0 Å². The van der Waals surface area contributed by atoms with Gasteiger partial charge in [-0.15, -0.1) is 0 Å². The molecule has 2 aliphatic heterocycles. The van der Waals surface area contributed by atoms with Gasteiger partial charge in [0.15, 0.2) is 0 Å². The number of anilines is 1. The first-order chi connectivity index (χ1) is 16.5. The average molecular weight is 507 g/mol. The second-order valence-corrected chi connectivity index (χ2v) is 12.7. The van der Waals surface area contributed by atoms with E-state index >= 15 is 0 Å². The third kappa shape index (κ3) is 5.74. The minimum Gasteiger partial charge on any atom is -0.353 e. The zero-order valence-electron chi connectivity index (χ0n) is 20.2. The van der Waals surface area contributed by atoms with Gasteiger partial charge in [0.2, 0.25) is 0 Å². The third-order valence-electron chi connectivity index (χ3n) is 7.85. The zero-order chi connectivity index (χ0) is 23.5. The van der Waals surface area contributed by atoms with E-state index in [4.69, 9.17) is 4.37 Å². The number of fused-ring (bicyclic) bond motifs is 1. The molecule has 1 saturated carbocycles. The van der Waals surface area contributed by atoms with Crippen molar-refractivity contribution in [3.8, 4) is 0 Å². The molecule has 5 rings (SSSR count). The van der Waals surface area contributed by atoms with Crippen LogP contribution in [0, 0.1) is 5.92 Å². The summed E-state index contributed by atoms with van der Waals surface area (Å²) in [6.07, 6.45) is 5.39. The molecule has 3 fully saturated rings. The van der Waals surface area contributed by atoms with Crippen LogP contribution < -0.4 is 9.62 Å². The van der Waals surface area contributed by atoms with Gasteiger partial charge >= 0.3 is 0 Å². The fourth-order valence-corrected chi connectivity index (χ4v) is 7.78. The van der Waals surface area contributed by atoms with Crippen molar-refractivity contribution in [2.45, 2.75) is 38.1 Å². The molecule has 1 N–H and O–H groups in total. The minimum absolute atomic E-state index is 0.0948. The van der Waals surface area contributed by atoms with Gasteiger partial charge in [0.1, 0.15) is 5.82 Å². The molecular formula is C24H38N6O2S2. The van der Waals surface area contributed by atoms with Gasteiger partial charge in [-0.05, 0) is 75.3 Å². The van der Waals surface area contributed by atoms with Crippen LogP contribution in [0.4, 0.5) is 5.82 Å². The van der Waals surface area contributed by atoms with E-state index in [9.17, 15) is 8.42 Å². The highest BCUT2D eigenvalue weighted by atomic mass is 32.2. The molecule has 3 aliphatic rings. The number of likely N-dealkylation sites (N-methyl/N-ethyl adjacent to an activating group) is 1. The van der Waals surface area contributed by atoms with Gasteiger partial charge in [0.05, 0.1) is 4.70 Å². The Morgan fingerprint density at radius 1 is 0.971 bits per heavy atom. The highest BCUT2D eigenvalue weighted by Gasteiger charge is 2.30. The third-order valence-corrected chi connectivity index (χ3v) is 10.3. The molecular weight excluding hydrogens is 468 g/mol. The number of hydrogen-bond acceptors (Lipinski definition) is 7. The van der Waals surface area contributed by atoms with Crippen molar-refractivity contribution < 1.29 is 8.42 Å². The zero-order valence-corrected chi connectivity index (χ0v) is 21.9. The number of rotatable bonds is 7. The minimum atomic E-state index is -3.35. The molecule has 0 unspecified atom stereocenters. The first-order valence-electron chi connectivity index (χ1n) is 12.8. The Hall–Kier alpha value is -1.30. The maximum absolute atomic E-state index is 12.7. The molecule has 1 aromatic carbocycles. The van der Waals surface area contributed by atoms with Crippen molar-refractivity contribution in [2.75, 3.05) is 70.9 Å². The molecule has 2 aromatic rings. The smallest absolute Gasteiger partial charge is 0.279 e. The van der Waals surface area contributed by atoms with Gasteiger partial charge in [0.25, 0.3) is 10.2 Å². The molecule has 0 amide bonds. The lowest BCUT2D eigenvalue weighted by atomic mass is 9.84. The van der Waals surface area contributed by atoms with Crippen molar-refractivity contribution in [2.24, 2.45) is 5.92 Å². The second-order valence-electron chi connectivity index (χ2n) is 10.2. The number of nitrogens with one attached hydrogen (secondary N) is 1. The molecule has 3 heterocycles. The van der Waals surface area contributed by atoms with Crippen molar-refractivity contribution >= 4 is 37.6 Å². The largest absolute Gasteiger partial charge is 0.353 e. The molecule has 1 aromatic heterocycles. The molecule has 34 heavy (non-hydrogen) atoms. The summed E-state index contributed by atoms with van der Waals surface area (Å²) in [5.74, 6) is 1.86. The lowest BCUT2D eigenvalue weighted by Crippen LogP contribution is -2.53. The molecule has 10 heteroatoms. The molecule has 0 radical (unpaired) electrons. The monoisotopic (exact) mass is 506 g/mol. The van der Waals surface area contributed by atoms with Crippen LogP contribution in [-0.2, 0) is 10.2 Å². The van der Waals surface area contributed by atoms with Gasteiger partial charge in [0, 0.05) is 63.8 Å². The van der Waals surface area contributed by atoms with Crippen LogP contribution in [0.3, 0.4) is 0 Å². The molecule has 0 bridgehead atoms. The van der Waals surface area contributed by atoms with E-state index in [0.717, 1.165) is 77.3 Å². The van der Waals surface area contributed by atoms with E-state index in [-0.39, 0.29) is 6.04 Å². The summed E-state index contributed by atoms with van der Waals surface area (Å²) in [4.78, 5) is 7.21. The Morgan fingerprint density at radius 2 is 1.68 bits per heavy atom. The number of piperazine rings is 2. The normalized spacial score (nSPS) is 26.3. The number of hydrogen-bond donors (Lipinski definition) is 1. The Kier molecular flexibility index (Phi) is 7.72. The standard InChI is InChI=1S/C24H38N6O2S2/c1-27-12-18-30(19-13-27)34(31,32)26-21-8-6-20(7-9-21)10-11-28-14-16-29(17-15-28)24-22-4-2-3-5-23(22)33-25-24/h2-5,20-21,26H,6-19H2,1H3/t20-,21-. The molecule has 0 spiro atoms. The fourth-order valence-electron chi connectivity index (χ4n) is 5.53. The lowest BCUT2D eigenvalue weighted by Gasteiger charge is -2.37. The first kappa shape index (κ1) is 24.4. The quantitative estimate of drug-likeness (QED) is 0.622. The molecule has 0 atom stereocenters. The van der Waals surface area contributed by atoms with Crippen LogP contribution in [0.2, 0.25) is 0 Å². The highest BCUT2D eigenvalue weighted by molar-refractivity contribution is 7.87. The van der Waals surface area contributed by atoms with Gasteiger partial charge in [-0.2, -0.15) is 21.8 Å². The Morgan fingerprint density at radius 3 is 2.41 bits per heavy atom. The summed E-state index contributed by atoms with van der Waals surface area (Å²) in [7, 11) is -1.31. The van der Waals surface area contributed by atoms with Crippen molar-refractivity contribution in [3.63, 3.8) is 0 Å². The van der Waals surface area contributed by atoms with E-state index in [0.29, 0.717) is 19.0 Å². The average Bonchev–Trinajstić information content (AvgIpc) is 3.28. The molecule has 188 valence electrons. The maximum atomic E-state index is 12.7. The van der Waals surface area contributed by atoms with E-state index < -0.39 is 10.2 Å². The van der Waals surface area contributed by atoms with E-state index in [1.54, 1.807) is 15.8 Å². The maximum Gasteiger partial charge on any atom is 0.279 e. The van der Waals surface area contributed by atoms with Crippen molar-refractivity contribution in [1.29, 1.82) is 0 Å². The van der Waals surface area contributed by atoms with E-state index in [2.05, 4.69) is 43.7 Å². The molecule has 8 nitrogen and oxygen atoms in total. The van der Waals surface area contributed by atoms with Crippen LogP contribution in [-0.4, -0.2) is 98.9 Å². The van der Waals surface area contributed by atoms with Crippen LogP contribution in [0.25, 0.3) is 10.1 Å². The number of aromatic nitrogens is 1. The molecule has 2 saturated heterocycles. The molecule has 1 aliphatic carbocycles. The van der Waals surface area contributed by atoms with Gasteiger partial charge in [-0.3, -0.25) is 4.90 Å². The Labute approximate surface area is 208 Å². The topological polar surface area (TPSA) is 72.0 Å². The number of nitrogens with zero attached hydrogens (tertiary/aromatic N) is 5. The SMILES string of the molecule is CN1CCN(S(=O)(=O)N[C@H]2CC[C@H](CCN3CCN(c4nsc5ccccc45)CC3)CC2)CC1. The van der Waals surface area contributed by atoms with Gasteiger partial charge in [-0.1, -0.05) is 12.1 Å². The van der Waals surface area contributed by atoms with Crippen LogP contribution in [0.1, 0.15) is 32.1 Å². The second kappa shape index (κ2) is 10.8. The summed E-state index contributed by atoms with van der Waals surface area (Å²) < 4.78 is 36.1. The van der Waals surface area contributed by atoms with E-state index in [1.807, 2.05) is 7.05 Å². The Balaban J connectivity index is 1.02. The lowest BCUT2D eigenvalue weighted by molar-refractivity contribution is 0.209. The predicted octanol–water partition coefficient (Wildman–Crippen LogP) is 2.45. The van der Waals surface area contributed by atoms with Crippen LogP contribution >= 0.6 is 11.5 Å². The number of benzene rings is 1. The fraction of sp³-hybridized carbons (Fsp3) is 0.708. The Bertz CT molecular complexity index is 1040. The first-order valence-corrected chi connectivity index (χ1v) is 15.0. The summed E-state index contributed by atoms with van der Waals surface area (Å²) >= 11 is 1.60. The summed E-state index contributed by atoms with van der Waals surface area (Å²) in [5.41, 5.74) is 0. The van der Waals surface area contributed by atoms with E-state index in [1.165, 1.54) is 16.5 Å². The van der Waals surface area contributed by atoms with Gasteiger partial charge in [-0.25, -0.2) is 0 Å². The summed E-state index contributed by atoms with van der Waals surface area (Å²) in [6.45, 7) is 8.19. The highest BCUT2D eigenvalue weighted by Crippen LogP contribution is 2.31. The van der Waals surface area contributed by atoms with Crippen LogP contribution in [0.15, 0.2) is 24.3 Å². The summed E-state index contributed by atoms with van der Waals surface area (Å²) in [6, 6.07) is 8.61. The van der Waals surface area contributed by atoms with Crippen molar-refractivity contribution in [3.05, 3.63) is 24.3 Å². The predicted molar refractivity (Wildman–Crippen MR) is 140 cm³/mol. The summed E-state index contributed by atoms with van der Waals surface area (Å²) in [5, 5.41) is 1.28.